The van der Waals surface area contributed by atoms with Gasteiger partial charge in [0.1, 0.15) is 28.3 Å². The highest BCUT2D eigenvalue weighted by molar-refractivity contribution is 8.03. The molecule has 33 heavy (non-hydrogen) atoms. The number of rotatable bonds is 8. The van der Waals surface area contributed by atoms with Crippen molar-refractivity contribution in [1.29, 1.82) is 0 Å². The van der Waals surface area contributed by atoms with E-state index in [4.69, 9.17) is 21.1 Å². The molecule has 0 amide bonds. The molecule has 0 spiro atoms. The molecule has 1 atom stereocenters. The molecule has 2 aromatic rings. The summed E-state index contributed by atoms with van der Waals surface area (Å²) < 4.78 is 13.3. The number of aliphatic hydroxyl groups excluding tert-OH is 1. The van der Waals surface area contributed by atoms with Crippen LogP contribution in [-0.4, -0.2) is 38.6 Å². The van der Waals surface area contributed by atoms with E-state index in [1.165, 1.54) is 0 Å². The van der Waals surface area contributed by atoms with Gasteiger partial charge >= 0.3 is 5.97 Å². The monoisotopic (exact) mass is 491 g/mol. The lowest BCUT2D eigenvalue weighted by atomic mass is 9.77. The summed E-state index contributed by atoms with van der Waals surface area (Å²) in [5.74, 6) is 0.450. The summed E-state index contributed by atoms with van der Waals surface area (Å²) in [6, 6.07) is 5.86. The Kier molecular flexibility index (Phi) is 7.24. The van der Waals surface area contributed by atoms with Crippen LogP contribution in [0, 0.1) is 5.92 Å². The maximum atomic E-state index is 13.2. The highest BCUT2D eigenvalue weighted by Gasteiger charge is 2.48. The van der Waals surface area contributed by atoms with Crippen molar-refractivity contribution in [3.63, 3.8) is 0 Å². The Morgan fingerprint density at radius 3 is 2.76 bits per heavy atom. The molecule has 1 saturated carbocycles. The lowest BCUT2D eigenvalue weighted by Gasteiger charge is -2.41. The van der Waals surface area contributed by atoms with Gasteiger partial charge in [-0.1, -0.05) is 30.5 Å². The van der Waals surface area contributed by atoms with E-state index in [0.717, 1.165) is 43.0 Å². The molecule has 2 heterocycles. The van der Waals surface area contributed by atoms with Crippen LogP contribution in [0.1, 0.15) is 64.0 Å². The first kappa shape index (κ1) is 24.0. The standard InChI is InChI=1S/C24H30ClN3O4S/c1-15(2)28-14-26-27-23(28)33-21-19(29)13-24(32-22(21)30,17-6-4-5-7-17)11-10-16-8-9-20(31-3)18(25)12-16/h8-9,12,14-15,17,29H,4-7,10-11,13H2,1-3H3. The summed E-state index contributed by atoms with van der Waals surface area (Å²) in [4.78, 5) is 13.4. The largest absolute Gasteiger partial charge is 0.511 e. The Bertz CT molecular complexity index is 1050. The first-order valence-electron chi connectivity index (χ1n) is 11.4. The van der Waals surface area contributed by atoms with Crippen LogP contribution in [0.15, 0.2) is 40.3 Å². The van der Waals surface area contributed by atoms with E-state index < -0.39 is 11.6 Å². The summed E-state index contributed by atoms with van der Waals surface area (Å²) in [5, 5.41) is 20.2. The van der Waals surface area contributed by atoms with Gasteiger partial charge in [-0.15, -0.1) is 10.2 Å². The first-order valence-corrected chi connectivity index (χ1v) is 12.6. The van der Waals surface area contributed by atoms with E-state index in [0.29, 0.717) is 35.2 Å². The van der Waals surface area contributed by atoms with Crippen molar-refractivity contribution in [2.24, 2.45) is 5.92 Å². The summed E-state index contributed by atoms with van der Waals surface area (Å²) in [5.41, 5.74) is 0.322. The smallest absolute Gasteiger partial charge is 0.349 e. The summed E-state index contributed by atoms with van der Waals surface area (Å²) in [6.07, 6.45) is 7.46. The summed E-state index contributed by atoms with van der Waals surface area (Å²) in [7, 11) is 1.59. The number of aliphatic hydroxyl groups is 1. The fourth-order valence-electron chi connectivity index (χ4n) is 4.84. The number of cyclic esters (lactones) is 1. The van der Waals surface area contributed by atoms with E-state index in [-0.39, 0.29) is 22.6 Å². The number of esters is 1. The first-order chi connectivity index (χ1) is 15.8. The van der Waals surface area contributed by atoms with Crippen LogP contribution >= 0.6 is 23.4 Å². The lowest BCUT2D eigenvalue weighted by molar-refractivity contribution is -0.166. The quantitative estimate of drug-likeness (QED) is 0.460. The van der Waals surface area contributed by atoms with Gasteiger partial charge in [0, 0.05) is 12.5 Å². The molecular weight excluding hydrogens is 462 g/mol. The normalized spacial score (nSPS) is 21.7. The number of carbonyl (C=O) groups is 1. The number of carbonyl (C=O) groups excluding carboxylic acids is 1. The average Bonchev–Trinajstić information content (AvgIpc) is 3.47. The van der Waals surface area contributed by atoms with Gasteiger partial charge in [-0.2, -0.15) is 0 Å². The molecule has 1 unspecified atom stereocenters. The predicted molar refractivity (Wildman–Crippen MR) is 128 cm³/mol. The summed E-state index contributed by atoms with van der Waals surface area (Å²) >= 11 is 7.43. The minimum absolute atomic E-state index is 0.0780. The van der Waals surface area contributed by atoms with Gasteiger partial charge in [-0.25, -0.2) is 4.79 Å². The number of thioether (sulfide) groups is 1. The third-order valence-electron chi connectivity index (χ3n) is 6.65. The molecule has 1 N–H and O–H groups in total. The Morgan fingerprint density at radius 1 is 1.36 bits per heavy atom. The van der Waals surface area contributed by atoms with Crippen molar-refractivity contribution < 1.29 is 19.4 Å². The molecule has 7 nitrogen and oxygen atoms in total. The third-order valence-corrected chi connectivity index (χ3v) is 8.03. The van der Waals surface area contributed by atoms with Crippen LogP contribution in [0.5, 0.6) is 5.75 Å². The van der Waals surface area contributed by atoms with Crippen molar-refractivity contribution in [3.8, 4) is 5.75 Å². The minimum atomic E-state index is -0.722. The zero-order chi connectivity index (χ0) is 23.6. The second kappa shape index (κ2) is 9.97. The molecular formula is C24H30ClN3O4S. The maximum Gasteiger partial charge on any atom is 0.349 e. The zero-order valence-electron chi connectivity index (χ0n) is 19.2. The molecule has 1 aromatic heterocycles. The molecule has 9 heteroatoms. The van der Waals surface area contributed by atoms with E-state index in [1.807, 2.05) is 36.6 Å². The van der Waals surface area contributed by atoms with Gasteiger partial charge in [0.25, 0.3) is 0 Å². The Labute approximate surface area is 203 Å². The van der Waals surface area contributed by atoms with Crippen LogP contribution in [0.2, 0.25) is 5.02 Å². The van der Waals surface area contributed by atoms with Crippen molar-refractivity contribution in [2.45, 2.75) is 75.6 Å². The number of hydrogen-bond acceptors (Lipinski definition) is 7. The fourth-order valence-corrected chi connectivity index (χ4v) is 6.07. The van der Waals surface area contributed by atoms with Crippen molar-refractivity contribution in [3.05, 3.63) is 45.8 Å². The summed E-state index contributed by atoms with van der Waals surface area (Å²) in [6.45, 7) is 4.02. The molecule has 178 valence electrons. The highest BCUT2D eigenvalue weighted by Crippen LogP contribution is 2.48. The van der Waals surface area contributed by atoms with Crippen LogP contribution < -0.4 is 4.74 Å². The number of methoxy groups -OCH3 is 1. The number of hydrogen-bond donors (Lipinski definition) is 1. The SMILES string of the molecule is COc1ccc(CCC2(C3CCCC3)CC(O)=C(Sc3nncn3C(C)C)C(=O)O2)cc1Cl. The van der Waals surface area contributed by atoms with E-state index in [1.54, 1.807) is 13.4 Å². The molecule has 0 bridgehead atoms. The Balaban J connectivity index is 1.58. The molecule has 2 aliphatic rings. The Hall–Kier alpha value is -2.19. The zero-order valence-corrected chi connectivity index (χ0v) is 20.8. The van der Waals surface area contributed by atoms with Crippen LogP contribution in [0.25, 0.3) is 0 Å². The molecule has 1 aromatic carbocycles. The third kappa shape index (κ3) is 5.01. The predicted octanol–water partition coefficient (Wildman–Crippen LogP) is 5.89. The van der Waals surface area contributed by atoms with Crippen LogP contribution in [-0.2, 0) is 16.0 Å². The molecule has 4 rings (SSSR count). The van der Waals surface area contributed by atoms with Gasteiger partial charge in [0.05, 0.1) is 12.1 Å². The highest BCUT2D eigenvalue weighted by atomic mass is 35.5. The number of aryl methyl sites for hydroxylation is 1. The van der Waals surface area contributed by atoms with Gasteiger partial charge < -0.3 is 19.1 Å². The number of benzene rings is 1. The van der Waals surface area contributed by atoms with Crippen molar-refractivity contribution in [1.82, 2.24) is 14.8 Å². The lowest BCUT2D eigenvalue weighted by Crippen LogP contribution is -2.45. The molecule has 0 radical (unpaired) electrons. The second-order valence-electron chi connectivity index (χ2n) is 9.07. The van der Waals surface area contributed by atoms with E-state index >= 15 is 0 Å². The van der Waals surface area contributed by atoms with Gasteiger partial charge in [-0.3, -0.25) is 0 Å². The number of halogens is 1. The fraction of sp³-hybridized carbons (Fsp3) is 0.542. The molecule has 0 saturated heterocycles. The average molecular weight is 492 g/mol. The van der Waals surface area contributed by atoms with E-state index in [9.17, 15) is 9.90 Å². The second-order valence-corrected chi connectivity index (χ2v) is 10.5. The number of ether oxygens (including phenoxy) is 2. The number of aromatic nitrogens is 3. The topological polar surface area (TPSA) is 86.5 Å². The minimum Gasteiger partial charge on any atom is -0.511 e. The Morgan fingerprint density at radius 2 is 2.12 bits per heavy atom. The molecule has 1 aliphatic carbocycles. The van der Waals surface area contributed by atoms with Gasteiger partial charge in [-0.05, 0) is 74.9 Å². The van der Waals surface area contributed by atoms with Crippen LogP contribution in [0.4, 0.5) is 0 Å². The van der Waals surface area contributed by atoms with Gasteiger partial charge in [0.2, 0.25) is 0 Å². The molecule has 1 aliphatic heterocycles. The van der Waals surface area contributed by atoms with Crippen LogP contribution in [0.3, 0.4) is 0 Å². The van der Waals surface area contributed by atoms with Crippen molar-refractivity contribution >= 4 is 29.3 Å². The van der Waals surface area contributed by atoms with Gasteiger partial charge in [0.15, 0.2) is 5.16 Å². The van der Waals surface area contributed by atoms with Crippen molar-refractivity contribution in [2.75, 3.05) is 7.11 Å². The maximum absolute atomic E-state index is 13.2. The number of nitrogens with zero attached hydrogens (tertiary/aromatic N) is 3. The molecule has 1 fully saturated rings. The van der Waals surface area contributed by atoms with E-state index in [2.05, 4.69) is 10.2 Å².